The number of H-pyrrole nitrogens is 1. The Kier molecular flexibility index (Phi) is 4.07. The van der Waals surface area contributed by atoms with Gasteiger partial charge in [0.25, 0.3) is 0 Å². The first-order valence-electron chi connectivity index (χ1n) is 9.21. The molecule has 1 amide bonds. The summed E-state index contributed by atoms with van der Waals surface area (Å²) in [7, 11) is 0. The van der Waals surface area contributed by atoms with Crippen LogP contribution >= 0.6 is 0 Å². The third kappa shape index (κ3) is 2.84. The van der Waals surface area contributed by atoms with E-state index in [0.717, 1.165) is 60.8 Å². The van der Waals surface area contributed by atoms with E-state index < -0.39 is 0 Å². The Morgan fingerprint density at radius 3 is 2.96 bits per heavy atom. The van der Waals surface area contributed by atoms with E-state index in [2.05, 4.69) is 4.98 Å². The highest BCUT2D eigenvalue weighted by molar-refractivity contribution is 5.90. The Labute approximate surface area is 147 Å². The van der Waals surface area contributed by atoms with Crippen LogP contribution in [0, 0.1) is 18.2 Å². The molecule has 2 aliphatic rings. The highest BCUT2D eigenvalue weighted by Gasteiger charge is 2.45. The van der Waals surface area contributed by atoms with Gasteiger partial charge >= 0.3 is 0 Å². The molecule has 1 saturated heterocycles. The molecule has 2 N–H and O–H groups in total. The van der Waals surface area contributed by atoms with Crippen LogP contribution in [0.3, 0.4) is 0 Å². The van der Waals surface area contributed by atoms with Gasteiger partial charge < -0.3 is 15.0 Å². The minimum Gasteiger partial charge on any atom is -0.392 e. The van der Waals surface area contributed by atoms with Gasteiger partial charge in [-0.25, -0.2) is 4.39 Å². The van der Waals surface area contributed by atoms with Gasteiger partial charge in [0.15, 0.2) is 0 Å². The normalized spacial score (nSPS) is 26.7. The number of aromatic amines is 1. The lowest BCUT2D eigenvalue weighted by Crippen LogP contribution is -2.49. The average Bonchev–Trinajstić information content (AvgIpc) is 3.08. The summed E-state index contributed by atoms with van der Waals surface area (Å²) < 4.78 is 13.6. The molecule has 1 aromatic heterocycles. The van der Waals surface area contributed by atoms with Crippen molar-refractivity contribution in [1.82, 2.24) is 9.88 Å². The number of carbonyl (C=O) groups is 1. The van der Waals surface area contributed by atoms with Gasteiger partial charge in [-0.05, 0) is 56.4 Å². The van der Waals surface area contributed by atoms with Crippen molar-refractivity contribution in [2.75, 3.05) is 13.1 Å². The van der Waals surface area contributed by atoms with Crippen LogP contribution in [-0.2, 0) is 11.2 Å². The van der Waals surface area contributed by atoms with Gasteiger partial charge in [-0.2, -0.15) is 0 Å². The van der Waals surface area contributed by atoms with Gasteiger partial charge in [0.2, 0.25) is 5.91 Å². The average molecular weight is 344 g/mol. The molecular formula is C20H25FN2O2. The summed E-state index contributed by atoms with van der Waals surface area (Å²) in [5.74, 6) is -0.211. The highest BCUT2D eigenvalue weighted by Crippen LogP contribution is 2.45. The lowest BCUT2D eigenvalue weighted by molar-refractivity contribution is -0.135. The summed E-state index contributed by atoms with van der Waals surface area (Å²) in [4.78, 5) is 18.1. The van der Waals surface area contributed by atoms with Crippen molar-refractivity contribution >= 4 is 16.8 Å². The molecule has 4 nitrogen and oxygen atoms in total. The lowest BCUT2D eigenvalue weighted by Gasteiger charge is -2.42. The van der Waals surface area contributed by atoms with Gasteiger partial charge in [0.1, 0.15) is 5.82 Å². The topological polar surface area (TPSA) is 56.3 Å². The summed E-state index contributed by atoms with van der Waals surface area (Å²) in [5, 5.41) is 11.2. The molecule has 1 aliphatic heterocycles. The number of fused-ring (bicyclic) bond motifs is 1. The summed E-state index contributed by atoms with van der Waals surface area (Å²) in [6.07, 6.45) is 4.86. The molecule has 1 aromatic carbocycles. The van der Waals surface area contributed by atoms with Crippen LogP contribution in [0.15, 0.2) is 18.2 Å². The summed E-state index contributed by atoms with van der Waals surface area (Å²) >= 11 is 0. The molecule has 2 atom stereocenters. The molecule has 2 heterocycles. The fourth-order valence-corrected chi connectivity index (χ4v) is 4.81. The molecule has 5 heteroatoms. The molecule has 0 radical (unpaired) electrons. The van der Waals surface area contributed by atoms with E-state index >= 15 is 0 Å². The number of likely N-dealkylation sites (tertiary alicyclic amines) is 1. The number of piperidine rings is 1. The Bertz CT molecular complexity index is 815. The highest BCUT2D eigenvalue weighted by atomic mass is 19.1. The van der Waals surface area contributed by atoms with Gasteiger partial charge in [-0.3, -0.25) is 4.79 Å². The van der Waals surface area contributed by atoms with E-state index in [4.69, 9.17) is 0 Å². The van der Waals surface area contributed by atoms with Crippen molar-refractivity contribution in [2.24, 2.45) is 5.41 Å². The molecular weight excluding hydrogens is 319 g/mol. The monoisotopic (exact) mass is 344 g/mol. The Hall–Kier alpha value is -1.88. The number of rotatable bonds is 2. The van der Waals surface area contributed by atoms with Crippen LogP contribution in [0.4, 0.5) is 4.39 Å². The number of benzene rings is 1. The molecule has 134 valence electrons. The number of carbonyl (C=O) groups excluding carboxylic acids is 1. The number of aryl methyl sites for hydroxylation is 1. The Balaban J connectivity index is 1.56. The maximum Gasteiger partial charge on any atom is 0.227 e. The van der Waals surface area contributed by atoms with Crippen LogP contribution in [-0.4, -0.2) is 40.1 Å². The molecule has 0 bridgehead atoms. The van der Waals surface area contributed by atoms with Crippen LogP contribution in [0.2, 0.25) is 0 Å². The predicted molar refractivity (Wildman–Crippen MR) is 94.8 cm³/mol. The number of aromatic nitrogens is 1. The van der Waals surface area contributed by atoms with E-state index in [1.165, 1.54) is 12.1 Å². The molecule has 1 aliphatic carbocycles. The number of amides is 1. The van der Waals surface area contributed by atoms with Crippen LogP contribution in [0.5, 0.6) is 0 Å². The first-order valence-corrected chi connectivity index (χ1v) is 9.21. The van der Waals surface area contributed by atoms with Crippen LogP contribution in [0.1, 0.15) is 43.4 Å². The molecule has 0 unspecified atom stereocenters. The van der Waals surface area contributed by atoms with Crippen LogP contribution in [0.25, 0.3) is 10.9 Å². The standard InChI is InChI=1S/C20H25FN2O2/c1-13-15(16-10-14(21)5-6-17(16)22-13)11-19(25)23-9-3-8-20(12-23)7-2-4-18(20)24/h5-6,10,18,22,24H,2-4,7-9,11-12H2,1H3/t18-,20+/m1/s1. The number of hydrogen-bond acceptors (Lipinski definition) is 2. The van der Waals surface area contributed by atoms with E-state index in [-0.39, 0.29) is 29.7 Å². The van der Waals surface area contributed by atoms with Gasteiger partial charge in [-0.15, -0.1) is 0 Å². The van der Waals surface area contributed by atoms with Crippen molar-refractivity contribution in [2.45, 2.75) is 51.6 Å². The second-order valence-electron chi connectivity index (χ2n) is 7.78. The molecule has 2 aromatic rings. The van der Waals surface area contributed by atoms with Crippen molar-refractivity contribution in [3.8, 4) is 0 Å². The Morgan fingerprint density at radius 2 is 2.20 bits per heavy atom. The molecule has 1 spiro atoms. The second kappa shape index (κ2) is 6.13. The first-order chi connectivity index (χ1) is 12.0. The molecule has 25 heavy (non-hydrogen) atoms. The van der Waals surface area contributed by atoms with Gasteiger partial charge in [0.05, 0.1) is 12.5 Å². The summed E-state index contributed by atoms with van der Waals surface area (Å²) in [6.45, 7) is 3.34. The zero-order chi connectivity index (χ0) is 17.6. The lowest BCUT2D eigenvalue weighted by atomic mass is 9.76. The Morgan fingerprint density at radius 1 is 1.40 bits per heavy atom. The number of aliphatic hydroxyl groups excluding tert-OH is 1. The minimum absolute atomic E-state index is 0.0754. The minimum atomic E-state index is -0.286. The number of nitrogens with zero attached hydrogens (tertiary/aromatic N) is 1. The fraction of sp³-hybridized carbons (Fsp3) is 0.550. The number of nitrogens with one attached hydrogen (secondary N) is 1. The van der Waals surface area contributed by atoms with Crippen molar-refractivity contribution in [1.29, 1.82) is 0 Å². The molecule has 1 saturated carbocycles. The first kappa shape index (κ1) is 16.6. The molecule has 2 fully saturated rings. The van der Waals surface area contributed by atoms with Crippen molar-refractivity contribution in [3.05, 3.63) is 35.3 Å². The third-order valence-corrected chi connectivity index (χ3v) is 6.23. The number of hydrogen-bond donors (Lipinski definition) is 2. The largest absolute Gasteiger partial charge is 0.392 e. The number of aliphatic hydroxyl groups is 1. The van der Waals surface area contributed by atoms with E-state index in [1.807, 2.05) is 11.8 Å². The van der Waals surface area contributed by atoms with Crippen molar-refractivity contribution in [3.63, 3.8) is 0 Å². The number of halogens is 1. The molecule has 4 rings (SSSR count). The maximum atomic E-state index is 13.6. The van der Waals surface area contributed by atoms with Crippen molar-refractivity contribution < 1.29 is 14.3 Å². The van der Waals surface area contributed by atoms with Crippen LogP contribution < -0.4 is 0 Å². The predicted octanol–water partition coefficient (Wildman–Crippen LogP) is 3.31. The third-order valence-electron chi connectivity index (χ3n) is 6.23. The van der Waals surface area contributed by atoms with Gasteiger partial charge in [0, 0.05) is 35.1 Å². The van der Waals surface area contributed by atoms with E-state index in [9.17, 15) is 14.3 Å². The zero-order valence-electron chi connectivity index (χ0n) is 14.6. The fourth-order valence-electron chi connectivity index (χ4n) is 4.81. The second-order valence-corrected chi connectivity index (χ2v) is 7.78. The maximum absolute atomic E-state index is 13.6. The van der Waals surface area contributed by atoms with E-state index in [1.54, 1.807) is 6.07 Å². The quantitative estimate of drug-likeness (QED) is 0.878. The summed E-state index contributed by atoms with van der Waals surface area (Å²) in [5.41, 5.74) is 2.56. The van der Waals surface area contributed by atoms with Gasteiger partial charge in [-0.1, -0.05) is 6.42 Å². The SMILES string of the molecule is Cc1[nH]c2ccc(F)cc2c1CC(=O)N1CCC[C@@]2(CCC[C@H]2O)C1. The summed E-state index contributed by atoms with van der Waals surface area (Å²) in [6, 6.07) is 4.65. The smallest absolute Gasteiger partial charge is 0.227 e. The van der Waals surface area contributed by atoms with E-state index in [0.29, 0.717) is 6.54 Å². The zero-order valence-corrected chi connectivity index (χ0v) is 14.6.